The Morgan fingerprint density at radius 1 is 1.21 bits per heavy atom. The zero-order valence-corrected chi connectivity index (χ0v) is 11.3. The second kappa shape index (κ2) is 4.78. The molecule has 0 aliphatic heterocycles. The number of anilines is 1. The summed E-state index contributed by atoms with van der Waals surface area (Å²) >= 11 is 0. The molecule has 100 valence electrons. The fourth-order valence-corrected chi connectivity index (χ4v) is 2.53. The van der Waals surface area contributed by atoms with Crippen LogP contribution in [-0.2, 0) is 0 Å². The molecule has 0 unspecified atom stereocenters. The molecule has 1 saturated carbocycles. The maximum absolute atomic E-state index is 5.67. The molecule has 0 spiro atoms. The molecular weight excluding hydrogens is 236 g/mol. The van der Waals surface area contributed by atoms with Crippen LogP contribution in [0.5, 0.6) is 0 Å². The van der Waals surface area contributed by atoms with Crippen molar-refractivity contribution in [2.75, 3.05) is 18.4 Å². The van der Waals surface area contributed by atoms with E-state index in [1.165, 1.54) is 12.8 Å². The van der Waals surface area contributed by atoms with E-state index in [2.05, 4.69) is 15.3 Å². The zero-order valence-electron chi connectivity index (χ0n) is 11.3. The summed E-state index contributed by atoms with van der Waals surface area (Å²) in [7, 11) is 0. The molecule has 1 aliphatic carbocycles. The molecule has 1 aromatic carbocycles. The van der Waals surface area contributed by atoms with E-state index in [-0.39, 0.29) is 0 Å². The van der Waals surface area contributed by atoms with Gasteiger partial charge in [-0.25, -0.2) is 9.97 Å². The van der Waals surface area contributed by atoms with Gasteiger partial charge in [0.25, 0.3) is 0 Å². The Hall–Kier alpha value is -1.68. The van der Waals surface area contributed by atoms with Crippen molar-refractivity contribution >= 4 is 16.9 Å². The van der Waals surface area contributed by atoms with Crippen molar-refractivity contribution in [2.24, 2.45) is 11.1 Å². The molecule has 4 heteroatoms. The van der Waals surface area contributed by atoms with E-state index in [9.17, 15) is 0 Å². The van der Waals surface area contributed by atoms with Crippen LogP contribution in [0.4, 0.5) is 5.82 Å². The summed E-state index contributed by atoms with van der Waals surface area (Å²) in [6, 6.07) is 7.98. The topological polar surface area (TPSA) is 63.8 Å². The van der Waals surface area contributed by atoms with Crippen LogP contribution in [0.25, 0.3) is 11.0 Å². The second-order valence-electron chi connectivity index (χ2n) is 5.54. The lowest BCUT2D eigenvalue weighted by atomic mass is 10.0. The average Bonchev–Trinajstić information content (AvgIpc) is 3.17. The van der Waals surface area contributed by atoms with E-state index in [0.29, 0.717) is 5.41 Å². The molecule has 3 rings (SSSR count). The van der Waals surface area contributed by atoms with E-state index in [1.807, 2.05) is 31.2 Å². The van der Waals surface area contributed by atoms with Crippen LogP contribution in [0.2, 0.25) is 0 Å². The van der Waals surface area contributed by atoms with Crippen molar-refractivity contribution in [3.05, 3.63) is 30.0 Å². The first-order valence-electron chi connectivity index (χ1n) is 6.90. The minimum absolute atomic E-state index is 0.411. The van der Waals surface area contributed by atoms with Gasteiger partial charge < -0.3 is 11.1 Å². The van der Waals surface area contributed by atoms with Crippen molar-refractivity contribution in [3.63, 3.8) is 0 Å². The molecule has 4 nitrogen and oxygen atoms in total. The van der Waals surface area contributed by atoms with Gasteiger partial charge in [-0.15, -0.1) is 0 Å². The lowest BCUT2D eigenvalue weighted by Crippen LogP contribution is -2.20. The van der Waals surface area contributed by atoms with Gasteiger partial charge in [0.15, 0.2) is 0 Å². The summed E-state index contributed by atoms with van der Waals surface area (Å²) < 4.78 is 0. The highest BCUT2D eigenvalue weighted by Crippen LogP contribution is 2.48. The highest BCUT2D eigenvalue weighted by Gasteiger charge is 2.41. The minimum Gasteiger partial charge on any atom is -0.368 e. The molecule has 0 atom stereocenters. The molecule has 3 N–H and O–H groups in total. The van der Waals surface area contributed by atoms with Gasteiger partial charge in [0.05, 0.1) is 16.7 Å². The summed E-state index contributed by atoms with van der Waals surface area (Å²) in [6.45, 7) is 3.73. The van der Waals surface area contributed by atoms with Crippen molar-refractivity contribution in [1.29, 1.82) is 0 Å². The molecule has 0 bridgehead atoms. The van der Waals surface area contributed by atoms with Crippen LogP contribution in [0.3, 0.4) is 0 Å². The lowest BCUT2D eigenvalue weighted by molar-refractivity contribution is 0.500. The molecule has 1 fully saturated rings. The summed E-state index contributed by atoms with van der Waals surface area (Å²) in [6.07, 6.45) is 3.65. The van der Waals surface area contributed by atoms with Crippen molar-refractivity contribution in [2.45, 2.75) is 26.2 Å². The predicted octanol–water partition coefficient (Wildman–Crippen LogP) is 2.48. The van der Waals surface area contributed by atoms with Crippen LogP contribution >= 0.6 is 0 Å². The maximum Gasteiger partial charge on any atom is 0.148 e. The van der Waals surface area contributed by atoms with Crippen molar-refractivity contribution < 1.29 is 0 Å². The summed E-state index contributed by atoms with van der Waals surface area (Å²) in [5.74, 6) is 0.905. The van der Waals surface area contributed by atoms with Gasteiger partial charge in [0.1, 0.15) is 5.82 Å². The highest BCUT2D eigenvalue weighted by atomic mass is 15.0. The lowest BCUT2D eigenvalue weighted by Gasteiger charge is -2.16. The molecule has 1 heterocycles. The number of para-hydroxylation sites is 2. The number of benzene rings is 1. The number of rotatable bonds is 5. The molecule has 1 aromatic heterocycles. The fourth-order valence-electron chi connectivity index (χ4n) is 2.53. The third kappa shape index (κ3) is 2.54. The standard InChI is InChI=1S/C15H20N4/c1-11-14(17-10-15(6-7-15)8-9-16)19-13-5-3-2-4-12(13)18-11/h2-5H,6-10,16H2,1H3,(H,17,19). The van der Waals surface area contributed by atoms with E-state index in [1.54, 1.807) is 0 Å². The Bertz CT molecular complexity index is 590. The van der Waals surface area contributed by atoms with Gasteiger partial charge in [-0.05, 0) is 50.3 Å². The molecule has 0 saturated heterocycles. The second-order valence-corrected chi connectivity index (χ2v) is 5.54. The Kier molecular flexibility index (Phi) is 3.11. The van der Waals surface area contributed by atoms with Crippen LogP contribution in [0.15, 0.2) is 24.3 Å². The van der Waals surface area contributed by atoms with E-state index < -0.39 is 0 Å². The number of fused-ring (bicyclic) bond motifs is 1. The van der Waals surface area contributed by atoms with E-state index in [0.717, 1.165) is 42.1 Å². The van der Waals surface area contributed by atoms with Crippen LogP contribution < -0.4 is 11.1 Å². The largest absolute Gasteiger partial charge is 0.368 e. The number of hydrogen-bond donors (Lipinski definition) is 2. The van der Waals surface area contributed by atoms with E-state index in [4.69, 9.17) is 5.73 Å². The highest BCUT2D eigenvalue weighted by molar-refractivity contribution is 5.76. The molecule has 0 radical (unpaired) electrons. The third-order valence-corrected chi connectivity index (χ3v) is 4.01. The van der Waals surface area contributed by atoms with Gasteiger partial charge in [0, 0.05) is 6.54 Å². The number of nitrogens with zero attached hydrogens (tertiary/aromatic N) is 2. The van der Waals surface area contributed by atoms with Gasteiger partial charge in [-0.2, -0.15) is 0 Å². The molecule has 2 aromatic rings. The Labute approximate surface area is 113 Å². The van der Waals surface area contributed by atoms with Gasteiger partial charge in [0.2, 0.25) is 0 Å². The minimum atomic E-state index is 0.411. The van der Waals surface area contributed by atoms with Gasteiger partial charge >= 0.3 is 0 Å². The molecular formula is C15H20N4. The number of aryl methyl sites for hydroxylation is 1. The van der Waals surface area contributed by atoms with Crippen LogP contribution in [0.1, 0.15) is 25.0 Å². The number of hydrogen-bond acceptors (Lipinski definition) is 4. The number of nitrogens with one attached hydrogen (secondary N) is 1. The predicted molar refractivity (Wildman–Crippen MR) is 78.1 cm³/mol. The SMILES string of the molecule is Cc1nc2ccccc2nc1NCC1(CCN)CC1. The smallest absolute Gasteiger partial charge is 0.148 e. The first-order chi connectivity index (χ1) is 9.22. The van der Waals surface area contributed by atoms with Crippen molar-refractivity contribution in [1.82, 2.24) is 9.97 Å². The summed E-state index contributed by atoms with van der Waals surface area (Å²) in [4.78, 5) is 9.25. The number of nitrogens with two attached hydrogens (primary N) is 1. The Morgan fingerprint density at radius 2 is 1.89 bits per heavy atom. The third-order valence-electron chi connectivity index (χ3n) is 4.01. The first-order valence-corrected chi connectivity index (χ1v) is 6.90. The Balaban J connectivity index is 1.79. The molecule has 19 heavy (non-hydrogen) atoms. The Morgan fingerprint density at radius 3 is 2.53 bits per heavy atom. The summed E-state index contributed by atoms with van der Waals surface area (Å²) in [5.41, 5.74) is 8.94. The van der Waals surface area contributed by atoms with Gasteiger partial charge in [-0.1, -0.05) is 12.1 Å². The molecule has 0 amide bonds. The summed E-state index contributed by atoms with van der Waals surface area (Å²) in [5, 5.41) is 3.46. The van der Waals surface area contributed by atoms with Crippen molar-refractivity contribution in [3.8, 4) is 0 Å². The number of aromatic nitrogens is 2. The monoisotopic (exact) mass is 256 g/mol. The van der Waals surface area contributed by atoms with Crippen LogP contribution in [-0.4, -0.2) is 23.1 Å². The van der Waals surface area contributed by atoms with Crippen LogP contribution in [0, 0.1) is 12.3 Å². The first kappa shape index (κ1) is 12.4. The average molecular weight is 256 g/mol. The normalized spacial score (nSPS) is 16.5. The zero-order chi connectivity index (χ0) is 13.3. The van der Waals surface area contributed by atoms with E-state index >= 15 is 0 Å². The molecule has 1 aliphatic rings. The fraction of sp³-hybridized carbons (Fsp3) is 0.467. The quantitative estimate of drug-likeness (QED) is 0.862. The maximum atomic E-state index is 5.67. The van der Waals surface area contributed by atoms with Gasteiger partial charge in [-0.3, -0.25) is 0 Å².